The van der Waals surface area contributed by atoms with Gasteiger partial charge in [-0.15, -0.1) is 0 Å². The highest BCUT2D eigenvalue weighted by Gasteiger charge is 2.13. The molecule has 0 fully saturated rings. The maximum Gasteiger partial charge on any atom is 0.372 e. The van der Waals surface area contributed by atoms with Gasteiger partial charge in [-0.3, -0.25) is 0 Å². The first-order chi connectivity index (χ1) is 8.16. The first kappa shape index (κ1) is 12.0. The molecule has 0 amide bonds. The molecule has 0 aliphatic carbocycles. The van der Waals surface area contributed by atoms with Gasteiger partial charge in [-0.2, -0.15) is 0 Å². The number of aromatic carboxylic acids is 1. The molecule has 1 aromatic carbocycles. The summed E-state index contributed by atoms with van der Waals surface area (Å²) in [5.41, 5.74) is 0.524. The third-order valence-electron chi connectivity index (χ3n) is 2.15. The Kier molecular flexibility index (Phi) is 3.68. The van der Waals surface area contributed by atoms with E-state index in [9.17, 15) is 4.79 Å². The van der Waals surface area contributed by atoms with E-state index in [4.69, 9.17) is 14.3 Å². The number of carboxylic acids is 1. The number of carboxylic acid groups (broad SMARTS) is 1. The lowest BCUT2D eigenvalue weighted by Gasteiger charge is -2.05. The van der Waals surface area contributed by atoms with Crippen LogP contribution < -0.4 is 4.74 Å². The summed E-state index contributed by atoms with van der Waals surface area (Å²) in [6.07, 6.45) is 1.34. The maximum atomic E-state index is 10.8. The van der Waals surface area contributed by atoms with Crippen molar-refractivity contribution in [2.24, 2.45) is 0 Å². The van der Waals surface area contributed by atoms with Crippen LogP contribution in [0.1, 0.15) is 16.1 Å². The molecule has 5 heteroatoms. The van der Waals surface area contributed by atoms with Crippen molar-refractivity contribution < 1.29 is 19.1 Å². The van der Waals surface area contributed by atoms with Crippen LogP contribution in [0.15, 0.2) is 41.0 Å². The van der Waals surface area contributed by atoms with Gasteiger partial charge in [0.25, 0.3) is 0 Å². The van der Waals surface area contributed by atoms with E-state index < -0.39 is 5.97 Å². The number of ether oxygens (including phenoxy) is 1. The summed E-state index contributed by atoms with van der Waals surface area (Å²) in [6, 6.07) is 9.10. The highest BCUT2D eigenvalue weighted by molar-refractivity contribution is 14.1. The quantitative estimate of drug-likeness (QED) is 0.866. The maximum absolute atomic E-state index is 10.8. The van der Waals surface area contributed by atoms with Crippen molar-refractivity contribution in [2.45, 2.75) is 6.61 Å². The Morgan fingerprint density at radius 2 is 2.00 bits per heavy atom. The van der Waals surface area contributed by atoms with E-state index in [1.165, 1.54) is 6.26 Å². The molecule has 2 rings (SSSR count). The Labute approximate surface area is 111 Å². The van der Waals surface area contributed by atoms with Crippen LogP contribution in [0.5, 0.6) is 5.75 Å². The van der Waals surface area contributed by atoms with E-state index in [1.54, 1.807) is 6.07 Å². The van der Waals surface area contributed by atoms with Gasteiger partial charge in [0.2, 0.25) is 5.76 Å². The SMILES string of the molecule is O=C(O)c1occc1COc1ccc(I)cc1. The minimum absolute atomic E-state index is 0.0736. The van der Waals surface area contributed by atoms with E-state index in [1.807, 2.05) is 24.3 Å². The lowest BCUT2D eigenvalue weighted by molar-refractivity contribution is 0.0658. The fourth-order valence-corrected chi connectivity index (χ4v) is 1.69. The van der Waals surface area contributed by atoms with Gasteiger partial charge in [0.15, 0.2) is 0 Å². The second-order valence-electron chi connectivity index (χ2n) is 3.32. The summed E-state index contributed by atoms with van der Waals surface area (Å²) in [7, 11) is 0. The van der Waals surface area contributed by atoms with Gasteiger partial charge in [0, 0.05) is 9.13 Å². The molecular formula is C12H9IO4. The monoisotopic (exact) mass is 344 g/mol. The van der Waals surface area contributed by atoms with Gasteiger partial charge in [0.1, 0.15) is 12.4 Å². The zero-order valence-corrected chi connectivity index (χ0v) is 10.9. The summed E-state index contributed by atoms with van der Waals surface area (Å²) in [6.45, 7) is 0.179. The molecule has 88 valence electrons. The summed E-state index contributed by atoms with van der Waals surface area (Å²) < 4.78 is 11.4. The third kappa shape index (κ3) is 3.00. The molecule has 0 bridgehead atoms. The van der Waals surface area contributed by atoms with Crippen LogP contribution in [0.25, 0.3) is 0 Å². The Hall–Kier alpha value is -1.50. The van der Waals surface area contributed by atoms with Gasteiger partial charge in [-0.1, -0.05) is 0 Å². The molecule has 0 aliphatic rings. The number of hydrogen-bond acceptors (Lipinski definition) is 3. The number of benzene rings is 1. The molecule has 2 aromatic rings. The molecule has 0 saturated carbocycles. The average molecular weight is 344 g/mol. The van der Waals surface area contributed by atoms with Gasteiger partial charge < -0.3 is 14.3 Å². The van der Waals surface area contributed by atoms with E-state index in [0.717, 1.165) is 3.57 Å². The molecule has 17 heavy (non-hydrogen) atoms. The lowest BCUT2D eigenvalue weighted by Crippen LogP contribution is -2.02. The van der Waals surface area contributed by atoms with E-state index in [0.29, 0.717) is 11.3 Å². The van der Waals surface area contributed by atoms with Crippen LogP contribution in [0, 0.1) is 3.57 Å². The molecule has 0 spiro atoms. The van der Waals surface area contributed by atoms with Gasteiger partial charge in [0.05, 0.1) is 6.26 Å². The van der Waals surface area contributed by atoms with Gasteiger partial charge in [-0.05, 0) is 52.9 Å². The van der Waals surface area contributed by atoms with Crippen molar-refractivity contribution in [3.63, 3.8) is 0 Å². The largest absolute Gasteiger partial charge is 0.489 e. The minimum atomic E-state index is -1.09. The normalized spacial score (nSPS) is 10.2. The number of furan rings is 1. The number of halogens is 1. The zero-order valence-electron chi connectivity index (χ0n) is 8.72. The Bertz CT molecular complexity index is 516. The van der Waals surface area contributed by atoms with Crippen LogP contribution in [-0.4, -0.2) is 11.1 Å². The summed E-state index contributed by atoms with van der Waals surface area (Å²) in [5.74, 6) is -0.463. The smallest absolute Gasteiger partial charge is 0.372 e. The van der Waals surface area contributed by atoms with Crippen LogP contribution >= 0.6 is 22.6 Å². The topological polar surface area (TPSA) is 59.7 Å². The Morgan fingerprint density at radius 3 is 2.65 bits per heavy atom. The molecular weight excluding hydrogens is 335 g/mol. The van der Waals surface area contributed by atoms with Crippen molar-refractivity contribution in [2.75, 3.05) is 0 Å². The van der Waals surface area contributed by atoms with Crippen molar-refractivity contribution in [3.05, 3.63) is 51.5 Å². The first-order valence-electron chi connectivity index (χ1n) is 4.85. The van der Waals surface area contributed by atoms with E-state index >= 15 is 0 Å². The van der Waals surface area contributed by atoms with E-state index in [-0.39, 0.29) is 12.4 Å². The van der Waals surface area contributed by atoms with Crippen LogP contribution in [-0.2, 0) is 6.61 Å². The molecule has 4 nitrogen and oxygen atoms in total. The second kappa shape index (κ2) is 5.22. The molecule has 0 aliphatic heterocycles. The van der Waals surface area contributed by atoms with Crippen molar-refractivity contribution >= 4 is 28.6 Å². The highest BCUT2D eigenvalue weighted by atomic mass is 127. The molecule has 0 radical (unpaired) electrons. The van der Waals surface area contributed by atoms with Gasteiger partial charge >= 0.3 is 5.97 Å². The number of carbonyl (C=O) groups is 1. The molecule has 1 N–H and O–H groups in total. The standard InChI is InChI=1S/C12H9IO4/c13-9-1-3-10(4-2-9)17-7-8-5-6-16-11(8)12(14)15/h1-6H,7H2,(H,14,15). The number of rotatable bonds is 4. The molecule has 1 aromatic heterocycles. The molecule has 0 saturated heterocycles. The predicted molar refractivity (Wildman–Crippen MR) is 69.2 cm³/mol. The number of hydrogen-bond donors (Lipinski definition) is 1. The van der Waals surface area contributed by atoms with Crippen molar-refractivity contribution in [1.29, 1.82) is 0 Å². The Morgan fingerprint density at radius 1 is 1.29 bits per heavy atom. The van der Waals surface area contributed by atoms with E-state index in [2.05, 4.69) is 22.6 Å². The zero-order chi connectivity index (χ0) is 12.3. The van der Waals surface area contributed by atoms with Crippen molar-refractivity contribution in [1.82, 2.24) is 0 Å². The summed E-state index contributed by atoms with van der Waals surface area (Å²) in [5, 5.41) is 8.84. The lowest BCUT2D eigenvalue weighted by atomic mass is 10.2. The molecule has 0 atom stereocenters. The fourth-order valence-electron chi connectivity index (χ4n) is 1.33. The van der Waals surface area contributed by atoms with Crippen molar-refractivity contribution in [3.8, 4) is 5.75 Å². The predicted octanol–water partition coefficient (Wildman–Crippen LogP) is 3.16. The van der Waals surface area contributed by atoms with Crippen LogP contribution in [0.2, 0.25) is 0 Å². The molecule has 1 heterocycles. The van der Waals surface area contributed by atoms with Crippen LogP contribution in [0.4, 0.5) is 0 Å². The summed E-state index contributed by atoms with van der Waals surface area (Å²) >= 11 is 2.20. The second-order valence-corrected chi connectivity index (χ2v) is 4.57. The highest BCUT2D eigenvalue weighted by Crippen LogP contribution is 2.17. The summed E-state index contributed by atoms with van der Waals surface area (Å²) in [4.78, 5) is 10.8. The molecule has 0 unspecified atom stereocenters. The minimum Gasteiger partial charge on any atom is -0.489 e. The van der Waals surface area contributed by atoms with Crippen LogP contribution in [0.3, 0.4) is 0 Å². The first-order valence-corrected chi connectivity index (χ1v) is 5.93. The fraction of sp³-hybridized carbons (Fsp3) is 0.0833. The van der Waals surface area contributed by atoms with Gasteiger partial charge in [-0.25, -0.2) is 4.79 Å². The third-order valence-corrected chi connectivity index (χ3v) is 2.87. The Balaban J connectivity index is 2.05. The average Bonchev–Trinajstić information content (AvgIpc) is 2.76.